The van der Waals surface area contributed by atoms with Crippen molar-refractivity contribution in [3.05, 3.63) is 52.2 Å². The van der Waals surface area contributed by atoms with Crippen LogP contribution in [-0.2, 0) is 12.0 Å². The zero-order chi connectivity index (χ0) is 12.3. The normalized spacial score (nSPS) is 14.5. The summed E-state index contributed by atoms with van der Waals surface area (Å²) in [6.45, 7) is 1.69. The molecule has 2 heterocycles. The highest BCUT2D eigenvalue weighted by Crippen LogP contribution is 2.26. The van der Waals surface area contributed by atoms with Crippen molar-refractivity contribution in [2.45, 2.75) is 25.4 Å². The molecule has 0 fully saturated rings. The summed E-state index contributed by atoms with van der Waals surface area (Å²) in [4.78, 5) is 3.76. The van der Waals surface area contributed by atoms with E-state index in [4.69, 9.17) is 0 Å². The number of hydrogen-bond donors (Lipinski definition) is 1. The van der Waals surface area contributed by atoms with Crippen LogP contribution in [0, 0.1) is 5.82 Å². The molecule has 0 spiro atoms. The molecule has 1 unspecified atom stereocenters. The molecule has 0 aliphatic carbocycles. The van der Waals surface area contributed by atoms with Crippen molar-refractivity contribution in [3.63, 3.8) is 0 Å². The Bertz CT molecular complexity index is 482. The van der Waals surface area contributed by atoms with E-state index >= 15 is 0 Å². The summed E-state index contributed by atoms with van der Waals surface area (Å²) in [5.74, 6) is -0.418. The number of thiophene rings is 1. The van der Waals surface area contributed by atoms with E-state index < -0.39 is 11.4 Å². The second-order valence-electron chi connectivity index (χ2n) is 4.30. The van der Waals surface area contributed by atoms with Gasteiger partial charge >= 0.3 is 0 Å². The van der Waals surface area contributed by atoms with Gasteiger partial charge in [0.05, 0.1) is 11.8 Å². The Labute approximate surface area is 104 Å². The van der Waals surface area contributed by atoms with Gasteiger partial charge in [0.1, 0.15) is 5.82 Å². The number of rotatable bonds is 4. The third-order valence-electron chi connectivity index (χ3n) is 2.81. The Hall–Kier alpha value is -1.26. The largest absolute Gasteiger partial charge is 0.385 e. The number of aliphatic hydroxyl groups is 1. The van der Waals surface area contributed by atoms with Crippen molar-refractivity contribution in [1.82, 2.24) is 4.98 Å². The van der Waals surface area contributed by atoms with Gasteiger partial charge in [0.25, 0.3) is 0 Å². The van der Waals surface area contributed by atoms with Crippen molar-refractivity contribution < 1.29 is 9.50 Å². The molecular formula is C13H14FNOS. The topological polar surface area (TPSA) is 33.1 Å². The second-order valence-corrected chi connectivity index (χ2v) is 5.08. The van der Waals surface area contributed by atoms with Gasteiger partial charge in [-0.15, -0.1) is 0 Å². The highest BCUT2D eigenvalue weighted by Gasteiger charge is 2.23. The first-order valence-electron chi connectivity index (χ1n) is 5.42. The summed E-state index contributed by atoms with van der Waals surface area (Å²) in [6, 6.07) is 3.37. The van der Waals surface area contributed by atoms with E-state index in [-0.39, 0.29) is 0 Å². The first-order chi connectivity index (χ1) is 8.08. The Morgan fingerprint density at radius 2 is 2.29 bits per heavy atom. The van der Waals surface area contributed by atoms with Crippen LogP contribution in [-0.4, -0.2) is 10.1 Å². The average molecular weight is 251 g/mol. The zero-order valence-corrected chi connectivity index (χ0v) is 10.4. The van der Waals surface area contributed by atoms with Crippen molar-refractivity contribution in [2.24, 2.45) is 0 Å². The van der Waals surface area contributed by atoms with Gasteiger partial charge in [-0.25, -0.2) is 4.39 Å². The third kappa shape index (κ3) is 3.11. The van der Waals surface area contributed by atoms with Gasteiger partial charge < -0.3 is 5.11 Å². The maximum atomic E-state index is 13.0. The van der Waals surface area contributed by atoms with Crippen LogP contribution in [0.25, 0.3) is 0 Å². The standard InChI is InChI=1S/C13H14FNOS/c1-13(16,4-2-10-3-5-17-9-10)11-6-12(14)8-15-7-11/h3,5-9,16H,2,4H2,1H3. The van der Waals surface area contributed by atoms with Crippen LogP contribution in [0.2, 0.25) is 0 Å². The Morgan fingerprint density at radius 1 is 1.47 bits per heavy atom. The molecule has 4 heteroatoms. The summed E-state index contributed by atoms with van der Waals surface area (Å²) in [7, 11) is 0. The van der Waals surface area contributed by atoms with Crippen molar-refractivity contribution >= 4 is 11.3 Å². The molecule has 1 atom stereocenters. The summed E-state index contributed by atoms with van der Waals surface area (Å²) in [5, 5.41) is 14.4. The molecule has 0 saturated carbocycles. The van der Waals surface area contributed by atoms with Gasteiger partial charge in [-0.05, 0) is 48.2 Å². The highest BCUT2D eigenvalue weighted by molar-refractivity contribution is 7.07. The Balaban J connectivity index is 2.08. The second kappa shape index (κ2) is 4.94. The molecule has 0 bridgehead atoms. The van der Waals surface area contributed by atoms with Crippen molar-refractivity contribution in [1.29, 1.82) is 0 Å². The van der Waals surface area contributed by atoms with Crippen LogP contribution in [0.3, 0.4) is 0 Å². The van der Waals surface area contributed by atoms with E-state index in [2.05, 4.69) is 10.4 Å². The zero-order valence-electron chi connectivity index (χ0n) is 9.56. The molecule has 2 rings (SSSR count). The van der Waals surface area contributed by atoms with Gasteiger partial charge in [-0.3, -0.25) is 4.98 Å². The number of pyridine rings is 1. The van der Waals surface area contributed by atoms with E-state index in [1.165, 1.54) is 17.8 Å². The van der Waals surface area contributed by atoms with E-state index in [1.54, 1.807) is 18.3 Å². The molecule has 0 amide bonds. The quantitative estimate of drug-likeness (QED) is 0.905. The van der Waals surface area contributed by atoms with E-state index in [1.807, 2.05) is 11.4 Å². The van der Waals surface area contributed by atoms with Crippen LogP contribution < -0.4 is 0 Å². The monoisotopic (exact) mass is 251 g/mol. The lowest BCUT2D eigenvalue weighted by atomic mass is 9.91. The number of nitrogens with zero attached hydrogens (tertiary/aromatic N) is 1. The van der Waals surface area contributed by atoms with Crippen LogP contribution in [0.1, 0.15) is 24.5 Å². The molecule has 0 radical (unpaired) electrons. The molecule has 2 nitrogen and oxygen atoms in total. The molecule has 0 aliphatic heterocycles. The van der Waals surface area contributed by atoms with E-state index in [0.29, 0.717) is 12.0 Å². The van der Waals surface area contributed by atoms with Crippen LogP contribution in [0.5, 0.6) is 0 Å². The number of aromatic nitrogens is 1. The molecule has 0 aliphatic rings. The molecule has 1 N–H and O–H groups in total. The number of aryl methyl sites for hydroxylation is 1. The van der Waals surface area contributed by atoms with E-state index in [0.717, 1.165) is 12.6 Å². The fraction of sp³-hybridized carbons (Fsp3) is 0.308. The SMILES string of the molecule is CC(O)(CCc1ccsc1)c1cncc(F)c1. The molecule has 90 valence electrons. The minimum absolute atomic E-state index is 0.418. The number of halogens is 1. The molecule has 2 aromatic heterocycles. The minimum Gasteiger partial charge on any atom is -0.385 e. The van der Waals surface area contributed by atoms with Gasteiger partial charge in [0.2, 0.25) is 0 Å². The lowest BCUT2D eigenvalue weighted by Gasteiger charge is -2.23. The average Bonchev–Trinajstić information content (AvgIpc) is 2.79. The van der Waals surface area contributed by atoms with Crippen LogP contribution >= 0.6 is 11.3 Å². The summed E-state index contributed by atoms with van der Waals surface area (Å²) in [5.41, 5.74) is 0.671. The molecule has 2 aromatic rings. The fourth-order valence-electron chi connectivity index (χ4n) is 1.67. The smallest absolute Gasteiger partial charge is 0.141 e. The Kier molecular flexibility index (Phi) is 3.54. The lowest BCUT2D eigenvalue weighted by Crippen LogP contribution is -2.22. The molecule has 0 aromatic carbocycles. The summed E-state index contributed by atoms with van der Waals surface area (Å²) < 4.78 is 13.0. The van der Waals surface area contributed by atoms with E-state index in [9.17, 15) is 9.50 Å². The van der Waals surface area contributed by atoms with Crippen molar-refractivity contribution in [3.8, 4) is 0 Å². The third-order valence-corrected chi connectivity index (χ3v) is 3.54. The first kappa shape index (κ1) is 12.2. The molecular weight excluding hydrogens is 237 g/mol. The number of hydrogen-bond acceptors (Lipinski definition) is 3. The van der Waals surface area contributed by atoms with Crippen LogP contribution in [0.15, 0.2) is 35.3 Å². The minimum atomic E-state index is -1.04. The predicted molar refractivity (Wildman–Crippen MR) is 66.4 cm³/mol. The first-order valence-corrected chi connectivity index (χ1v) is 6.37. The van der Waals surface area contributed by atoms with Crippen molar-refractivity contribution in [2.75, 3.05) is 0 Å². The van der Waals surface area contributed by atoms with Gasteiger partial charge in [0.15, 0.2) is 0 Å². The van der Waals surface area contributed by atoms with Gasteiger partial charge in [-0.1, -0.05) is 0 Å². The van der Waals surface area contributed by atoms with Gasteiger partial charge in [0, 0.05) is 11.8 Å². The highest BCUT2D eigenvalue weighted by atomic mass is 32.1. The fourth-order valence-corrected chi connectivity index (χ4v) is 2.38. The maximum absolute atomic E-state index is 13.0. The predicted octanol–water partition coefficient (Wildman–Crippen LogP) is 3.12. The Morgan fingerprint density at radius 3 is 2.94 bits per heavy atom. The summed E-state index contributed by atoms with van der Waals surface area (Å²) >= 11 is 1.63. The molecule has 0 saturated heterocycles. The summed E-state index contributed by atoms with van der Waals surface area (Å²) in [6.07, 6.45) is 3.97. The molecule has 17 heavy (non-hydrogen) atoms. The van der Waals surface area contributed by atoms with Crippen LogP contribution in [0.4, 0.5) is 4.39 Å². The maximum Gasteiger partial charge on any atom is 0.141 e. The lowest BCUT2D eigenvalue weighted by molar-refractivity contribution is 0.0474. The van der Waals surface area contributed by atoms with Gasteiger partial charge in [-0.2, -0.15) is 11.3 Å².